The summed E-state index contributed by atoms with van der Waals surface area (Å²) >= 11 is 5.97. The number of ether oxygens (including phenoxy) is 2. The van der Waals surface area contributed by atoms with Gasteiger partial charge in [0.05, 0.1) is 12.3 Å². The van der Waals surface area contributed by atoms with E-state index in [4.69, 9.17) is 21.1 Å². The lowest BCUT2D eigenvalue weighted by Crippen LogP contribution is -2.05. The van der Waals surface area contributed by atoms with Crippen molar-refractivity contribution in [1.82, 2.24) is 9.97 Å². The zero-order valence-electron chi connectivity index (χ0n) is 11.0. The molecular formula is C14H14ClFN2O2. The lowest BCUT2D eigenvalue weighted by Gasteiger charge is -2.08. The minimum absolute atomic E-state index is 0.324. The fourth-order valence-corrected chi connectivity index (χ4v) is 1.82. The first-order valence-corrected chi connectivity index (χ1v) is 6.41. The summed E-state index contributed by atoms with van der Waals surface area (Å²) in [4.78, 5) is 8.08. The Morgan fingerprint density at radius 3 is 2.70 bits per heavy atom. The fourth-order valence-electron chi connectivity index (χ4n) is 1.62. The molecule has 2 heterocycles. The number of halogens is 2. The van der Waals surface area contributed by atoms with Gasteiger partial charge in [0.2, 0.25) is 5.88 Å². The number of alkyl halides is 1. The monoisotopic (exact) mass is 296 g/mol. The summed E-state index contributed by atoms with van der Waals surface area (Å²) in [5, 5.41) is 0.324. The Bertz CT molecular complexity index is 564. The topological polar surface area (TPSA) is 44.2 Å². The number of hydrogen-bond acceptors (Lipinski definition) is 4. The van der Waals surface area contributed by atoms with Crippen LogP contribution in [0.1, 0.15) is 5.69 Å². The predicted molar refractivity (Wildman–Crippen MR) is 74.7 cm³/mol. The standard InChI is InChI=1S/C14H14ClFN2O2/c1-19-4-5-20-14-7-11(6-13(15)18-14)10-2-3-12(8-16)17-9-10/h2-3,6-7,9H,4-5,8H2,1H3. The zero-order valence-corrected chi connectivity index (χ0v) is 11.7. The van der Waals surface area contributed by atoms with Gasteiger partial charge in [-0.15, -0.1) is 0 Å². The van der Waals surface area contributed by atoms with E-state index in [1.807, 2.05) is 0 Å². The Morgan fingerprint density at radius 2 is 2.05 bits per heavy atom. The van der Waals surface area contributed by atoms with E-state index in [9.17, 15) is 4.39 Å². The second kappa shape index (κ2) is 7.17. The largest absolute Gasteiger partial charge is 0.475 e. The fraction of sp³-hybridized carbons (Fsp3) is 0.286. The molecule has 0 aliphatic heterocycles. The van der Waals surface area contributed by atoms with E-state index in [1.165, 1.54) is 0 Å². The molecule has 0 aliphatic rings. The van der Waals surface area contributed by atoms with Crippen LogP contribution in [0.15, 0.2) is 30.5 Å². The van der Waals surface area contributed by atoms with Crippen molar-refractivity contribution in [3.05, 3.63) is 41.3 Å². The molecule has 0 bridgehead atoms. The van der Waals surface area contributed by atoms with Crippen molar-refractivity contribution in [2.75, 3.05) is 20.3 Å². The summed E-state index contributed by atoms with van der Waals surface area (Å²) in [6, 6.07) is 6.88. The first kappa shape index (κ1) is 14.7. The van der Waals surface area contributed by atoms with Gasteiger partial charge in [0, 0.05) is 24.9 Å². The highest BCUT2D eigenvalue weighted by Gasteiger charge is 2.06. The molecule has 0 aliphatic carbocycles. The van der Waals surface area contributed by atoms with Crippen LogP contribution >= 0.6 is 11.6 Å². The van der Waals surface area contributed by atoms with Crippen molar-refractivity contribution in [2.45, 2.75) is 6.67 Å². The maximum atomic E-state index is 12.4. The van der Waals surface area contributed by atoms with Crippen molar-refractivity contribution < 1.29 is 13.9 Å². The van der Waals surface area contributed by atoms with Gasteiger partial charge in [-0.1, -0.05) is 17.7 Å². The van der Waals surface area contributed by atoms with Crippen molar-refractivity contribution >= 4 is 11.6 Å². The van der Waals surface area contributed by atoms with Crippen LogP contribution in [0.25, 0.3) is 11.1 Å². The first-order valence-electron chi connectivity index (χ1n) is 6.03. The molecule has 20 heavy (non-hydrogen) atoms. The SMILES string of the molecule is COCCOc1cc(-c2ccc(CF)nc2)cc(Cl)n1. The number of methoxy groups -OCH3 is 1. The molecule has 0 saturated heterocycles. The third-order valence-corrected chi connectivity index (χ3v) is 2.80. The smallest absolute Gasteiger partial charge is 0.215 e. The number of aromatic nitrogens is 2. The molecule has 0 N–H and O–H groups in total. The molecule has 106 valence electrons. The Balaban J connectivity index is 2.21. The Labute approximate surface area is 121 Å². The molecular weight excluding hydrogens is 283 g/mol. The number of rotatable bonds is 6. The van der Waals surface area contributed by atoms with Gasteiger partial charge < -0.3 is 9.47 Å². The van der Waals surface area contributed by atoms with Crippen LogP contribution < -0.4 is 4.74 Å². The summed E-state index contributed by atoms with van der Waals surface area (Å²) in [5.74, 6) is 0.416. The zero-order chi connectivity index (χ0) is 14.4. The average Bonchev–Trinajstić information content (AvgIpc) is 2.47. The van der Waals surface area contributed by atoms with Crippen LogP contribution in [0, 0.1) is 0 Å². The predicted octanol–water partition coefficient (Wildman–Crippen LogP) is 3.29. The number of pyridine rings is 2. The molecule has 0 atom stereocenters. The van der Waals surface area contributed by atoms with E-state index in [2.05, 4.69) is 9.97 Å². The van der Waals surface area contributed by atoms with Gasteiger partial charge in [0.15, 0.2) is 0 Å². The highest BCUT2D eigenvalue weighted by atomic mass is 35.5. The third kappa shape index (κ3) is 3.88. The Kier molecular flexibility index (Phi) is 5.26. The van der Waals surface area contributed by atoms with Gasteiger partial charge in [0.1, 0.15) is 18.4 Å². The highest BCUT2D eigenvalue weighted by molar-refractivity contribution is 6.29. The van der Waals surface area contributed by atoms with Crippen molar-refractivity contribution in [3.63, 3.8) is 0 Å². The first-order chi connectivity index (χ1) is 9.72. The second-order valence-corrected chi connectivity index (χ2v) is 4.42. The van der Waals surface area contributed by atoms with E-state index < -0.39 is 6.67 Å². The van der Waals surface area contributed by atoms with E-state index in [1.54, 1.807) is 37.6 Å². The summed E-state index contributed by atoms with van der Waals surface area (Å²) in [5.41, 5.74) is 2.03. The molecule has 0 fully saturated rings. The van der Waals surface area contributed by atoms with Gasteiger partial charge >= 0.3 is 0 Å². The second-order valence-electron chi connectivity index (χ2n) is 4.03. The molecule has 0 amide bonds. The van der Waals surface area contributed by atoms with Crippen molar-refractivity contribution in [1.29, 1.82) is 0 Å². The molecule has 6 heteroatoms. The normalized spacial score (nSPS) is 10.6. The van der Waals surface area contributed by atoms with Crippen LogP contribution in [0.2, 0.25) is 5.15 Å². The Hall–Kier alpha value is -1.72. The molecule has 0 spiro atoms. The molecule has 0 radical (unpaired) electrons. The minimum atomic E-state index is -0.581. The van der Waals surface area contributed by atoms with Crippen LogP contribution in [0.5, 0.6) is 5.88 Å². The van der Waals surface area contributed by atoms with Crippen LogP contribution in [0.3, 0.4) is 0 Å². The van der Waals surface area contributed by atoms with Crippen LogP contribution in [-0.4, -0.2) is 30.3 Å². The third-order valence-electron chi connectivity index (χ3n) is 2.60. The summed E-state index contributed by atoms with van der Waals surface area (Å²) < 4.78 is 22.8. The lowest BCUT2D eigenvalue weighted by molar-refractivity contribution is 0.144. The average molecular weight is 297 g/mol. The Morgan fingerprint density at radius 1 is 1.20 bits per heavy atom. The summed E-state index contributed by atoms with van der Waals surface area (Å²) in [6.45, 7) is 0.279. The molecule has 0 unspecified atom stereocenters. The molecule has 2 aromatic rings. The van der Waals surface area contributed by atoms with E-state index in [0.29, 0.717) is 29.9 Å². The van der Waals surface area contributed by atoms with Crippen LogP contribution in [0.4, 0.5) is 4.39 Å². The highest BCUT2D eigenvalue weighted by Crippen LogP contribution is 2.25. The minimum Gasteiger partial charge on any atom is -0.475 e. The van der Waals surface area contributed by atoms with Gasteiger partial charge in [-0.3, -0.25) is 4.98 Å². The van der Waals surface area contributed by atoms with E-state index in [0.717, 1.165) is 11.1 Å². The van der Waals surface area contributed by atoms with Gasteiger partial charge in [0.25, 0.3) is 0 Å². The molecule has 0 aromatic carbocycles. The van der Waals surface area contributed by atoms with Gasteiger partial charge in [-0.05, 0) is 17.7 Å². The van der Waals surface area contributed by atoms with E-state index in [-0.39, 0.29) is 0 Å². The maximum absolute atomic E-state index is 12.4. The lowest BCUT2D eigenvalue weighted by atomic mass is 10.1. The quantitative estimate of drug-likeness (QED) is 0.606. The number of nitrogens with zero attached hydrogens (tertiary/aromatic N) is 2. The van der Waals surface area contributed by atoms with Gasteiger partial charge in [-0.2, -0.15) is 0 Å². The summed E-state index contributed by atoms with van der Waals surface area (Å²) in [6.07, 6.45) is 1.60. The van der Waals surface area contributed by atoms with Gasteiger partial charge in [-0.25, -0.2) is 9.37 Å². The van der Waals surface area contributed by atoms with Crippen molar-refractivity contribution in [3.8, 4) is 17.0 Å². The molecule has 2 aromatic heterocycles. The molecule has 2 rings (SSSR count). The number of hydrogen-bond donors (Lipinski definition) is 0. The molecule has 0 saturated carbocycles. The molecule has 4 nitrogen and oxygen atoms in total. The van der Waals surface area contributed by atoms with Crippen molar-refractivity contribution in [2.24, 2.45) is 0 Å². The maximum Gasteiger partial charge on any atom is 0.215 e. The van der Waals surface area contributed by atoms with E-state index >= 15 is 0 Å². The van der Waals surface area contributed by atoms with Crippen LogP contribution in [-0.2, 0) is 11.4 Å². The summed E-state index contributed by atoms with van der Waals surface area (Å²) in [7, 11) is 1.60.